The van der Waals surface area contributed by atoms with Crippen LogP contribution in [-0.2, 0) is 11.3 Å². The lowest BCUT2D eigenvalue weighted by Crippen LogP contribution is -2.30. The van der Waals surface area contributed by atoms with Gasteiger partial charge in [0.1, 0.15) is 0 Å². The normalized spacial score (nSPS) is 9.86. The van der Waals surface area contributed by atoms with Gasteiger partial charge < -0.3 is 10.6 Å². The molecule has 3 heteroatoms. The third-order valence-electron chi connectivity index (χ3n) is 2.01. The Hall–Kier alpha value is -1.35. The largest absolute Gasteiger partial charge is 0.358 e. The highest BCUT2D eigenvalue weighted by molar-refractivity contribution is 5.77. The predicted octanol–water partition coefficient (Wildman–Crippen LogP) is 0.831. The van der Waals surface area contributed by atoms with E-state index in [1.54, 1.807) is 7.05 Å². The molecule has 0 radical (unpaired) electrons. The Morgan fingerprint density at radius 2 is 1.93 bits per heavy atom. The van der Waals surface area contributed by atoms with Crippen molar-refractivity contribution in [3.8, 4) is 0 Å². The SMILES string of the molecule is CNC(=O)CNCc1ccc(C)cc1. The van der Waals surface area contributed by atoms with Gasteiger partial charge in [-0.2, -0.15) is 0 Å². The minimum absolute atomic E-state index is 0.0112. The molecule has 0 aromatic heterocycles. The van der Waals surface area contributed by atoms with Crippen LogP contribution in [0.25, 0.3) is 0 Å². The molecule has 2 N–H and O–H groups in total. The highest BCUT2D eigenvalue weighted by Crippen LogP contribution is 2.01. The molecule has 0 saturated heterocycles. The molecule has 0 heterocycles. The Bertz CT molecular complexity index is 293. The van der Waals surface area contributed by atoms with Crippen molar-refractivity contribution in [2.24, 2.45) is 0 Å². The number of carbonyl (C=O) groups is 1. The summed E-state index contributed by atoms with van der Waals surface area (Å²) >= 11 is 0. The van der Waals surface area contributed by atoms with Gasteiger partial charge in [-0.1, -0.05) is 29.8 Å². The van der Waals surface area contributed by atoms with Crippen LogP contribution in [0.4, 0.5) is 0 Å². The zero-order valence-electron chi connectivity index (χ0n) is 8.63. The van der Waals surface area contributed by atoms with Crippen LogP contribution in [-0.4, -0.2) is 19.5 Å². The second-order valence-electron chi connectivity index (χ2n) is 3.26. The fourth-order valence-corrected chi connectivity index (χ4v) is 1.11. The van der Waals surface area contributed by atoms with Crippen LogP contribution in [0, 0.1) is 6.92 Å². The number of rotatable bonds is 4. The number of benzene rings is 1. The number of carbonyl (C=O) groups excluding carboxylic acids is 1. The first-order chi connectivity index (χ1) is 6.72. The molecule has 1 amide bonds. The smallest absolute Gasteiger partial charge is 0.233 e. The molecule has 0 aliphatic carbocycles. The van der Waals surface area contributed by atoms with E-state index in [2.05, 4.69) is 41.8 Å². The van der Waals surface area contributed by atoms with Crippen molar-refractivity contribution >= 4 is 5.91 Å². The van der Waals surface area contributed by atoms with E-state index in [1.807, 2.05) is 0 Å². The number of aryl methyl sites for hydroxylation is 1. The fourth-order valence-electron chi connectivity index (χ4n) is 1.11. The maximum absolute atomic E-state index is 10.9. The van der Waals surface area contributed by atoms with Crippen LogP contribution < -0.4 is 10.6 Å². The minimum atomic E-state index is 0.0112. The van der Waals surface area contributed by atoms with E-state index >= 15 is 0 Å². The van der Waals surface area contributed by atoms with E-state index in [9.17, 15) is 4.79 Å². The molecule has 0 spiro atoms. The monoisotopic (exact) mass is 192 g/mol. The number of likely N-dealkylation sites (N-methyl/N-ethyl adjacent to an activating group) is 1. The van der Waals surface area contributed by atoms with Gasteiger partial charge in [-0.05, 0) is 12.5 Å². The van der Waals surface area contributed by atoms with Crippen LogP contribution in [0.2, 0.25) is 0 Å². The lowest BCUT2D eigenvalue weighted by molar-refractivity contribution is -0.119. The first-order valence-corrected chi connectivity index (χ1v) is 4.69. The Morgan fingerprint density at radius 3 is 2.50 bits per heavy atom. The molecule has 1 aromatic rings. The van der Waals surface area contributed by atoms with E-state index in [0.717, 1.165) is 6.54 Å². The summed E-state index contributed by atoms with van der Waals surface area (Å²) in [6.07, 6.45) is 0. The summed E-state index contributed by atoms with van der Waals surface area (Å²) in [5.74, 6) is 0.0112. The summed E-state index contributed by atoms with van der Waals surface area (Å²) in [7, 11) is 1.63. The molecule has 1 rings (SSSR count). The fraction of sp³-hybridized carbons (Fsp3) is 0.364. The van der Waals surface area contributed by atoms with Crippen LogP contribution >= 0.6 is 0 Å². The molecule has 1 aromatic carbocycles. The van der Waals surface area contributed by atoms with E-state index in [0.29, 0.717) is 6.54 Å². The molecular formula is C11H16N2O. The highest BCUT2D eigenvalue weighted by Gasteiger charge is 1.96. The van der Waals surface area contributed by atoms with E-state index in [-0.39, 0.29) is 5.91 Å². The van der Waals surface area contributed by atoms with Crippen LogP contribution in [0.1, 0.15) is 11.1 Å². The Kier molecular flexibility index (Phi) is 4.13. The first kappa shape index (κ1) is 10.7. The molecule has 76 valence electrons. The topological polar surface area (TPSA) is 41.1 Å². The summed E-state index contributed by atoms with van der Waals surface area (Å²) < 4.78 is 0. The molecule has 0 fully saturated rings. The van der Waals surface area contributed by atoms with Gasteiger partial charge in [-0.3, -0.25) is 4.79 Å². The van der Waals surface area contributed by atoms with Crippen LogP contribution in [0.3, 0.4) is 0 Å². The second kappa shape index (κ2) is 5.40. The Morgan fingerprint density at radius 1 is 1.29 bits per heavy atom. The second-order valence-corrected chi connectivity index (χ2v) is 3.26. The summed E-state index contributed by atoms with van der Waals surface area (Å²) in [4.78, 5) is 10.9. The lowest BCUT2D eigenvalue weighted by atomic mass is 10.1. The summed E-state index contributed by atoms with van der Waals surface area (Å²) in [5.41, 5.74) is 2.44. The number of amides is 1. The standard InChI is InChI=1S/C11H16N2O/c1-9-3-5-10(6-4-9)7-13-8-11(14)12-2/h3-6,13H,7-8H2,1-2H3,(H,12,14). The summed E-state index contributed by atoms with van der Waals surface area (Å²) in [6, 6.07) is 8.26. The molecule has 0 saturated carbocycles. The van der Waals surface area contributed by atoms with Gasteiger partial charge in [0, 0.05) is 13.6 Å². The van der Waals surface area contributed by atoms with Crippen LogP contribution in [0.5, 0.6) is 0 Å². The molecule has 0 aliphatic heterocycles. The molecule has 0 unspecified atom stereocenters. The molecule has 0 bridgehead atoms. The van der Waals surface area contributed by atoms with Gasteiger partial charge in [-0.25, -0.2) is 0 Å². The molecule has 14 heavy (non-hydrogen) atoms. The first-order valence-electron chi connectivity index (χ1n) is 4.69. The maximum atomic E-state index is 10.9. The third kappa shape index (κ3) is 3.58. The van der Waals surface area contributed by atoms with Gasteiger partial charge >= 0.3 is 0 Å². The molecule has 0 atom stereocenters. The predicted molar refractivity (Wildman–Crippen MR) is 57.0 cm³/mol. The van der Waals surface area contributed by atoms with Gasteiger partial charge in [0.2, 0.25) is 5.91 Å². The van der Waals surface area contributed by atoms with Gasteiger partial charge in [0.05, 0.1) is 6.54 Å². The Labute approximate surface area is 84.5 Å². The Balaban J connectivity index is 2.31. The van der Waals surface area contributed by atoms with Crippen LogP contribution in [0.15, 0.2) is 24.3 Å². The van der Waals surface area contributed by atoms with Crippen molar-refractivity contribution in [1.29, 1.82) is 0 Å². The third-order valence-corrected chi connectivity index (χ3v) is 2.01. The van der Waals surface area contributed by atoms with Gasteiger partial charge in [-0.15, -0.1) is 0 Å². The van der Waals surface area contributed by atoms with Crippen molar-refractivity contribution < 1.29 is 4.79 Å². The lowest BCUT2D eigenvalue weighted by Gasteiger charge is -2.04. The summed E-state index contributed by atoms with van der Waals surface area (Å²) in [5, 5.41) is 5.62. The van der Waals surface area contributed by atoms with Crippen molar-refractivity contribution in [1.82, 2.24) is 10.6 Å². The summed E-state index contributed by atoms with van der Waals surface area (Å²) in [6.45, 7) is 3.15. The van der Waals surface area contributed by atoms with Crippen molar-refractivity contribution in [3.63, 3.8) is 0 Å². The van der Waals surface area contributed by atoms with E-state index in [1.165, 1.54) is 11.1 Å². The van der Waals surface area contributed by atoms with Crippen molar-refractivity contribution in [2.75, 3.05) is 13.6 Å². The highest BCUT2D eigenvalue weighted by atomic mass is 16.1. The van der Waals surface area contributed by atoms with Gasteiger partial charge in [0.25, 0.3) is 0 Å². The zero-order chi connectivity index (χ0) is 10.4. The van der Waals surface area contributed by atoms with Crippen molar-refractivity contribution in [2.45, 2.75) is 13.5 Å². The van der Waals surface area contributed by atoms with Gasteiger partial charge in [0.15, 0.2) is 0 Å². The number of hydrogen-bond acceptors (Lipinski definition) is 2. The molecule has 0 aliphatic rings. The average molecular weight is 192 g/mol. The van der Waals surface area contributed by atoms with E-state index in [4.69, 9.17) is 0 Å². The van der Waals surface area contributed by atoms with Crippen molar-refractivity contribution in [3.05, 3.63) is 35.4 Å². The van der Waals surface area contributed by atoms with E-state index < -0.39 is 0 Å². The molecular weight excluding hydrogens is 176 g/mol. The number of nitrogens with one attached hydrogen (secondary N) is 2. The quantitative estimate of drug-likeness (QED) is 0.742. The molecule has 3 nitrogen and oxygen atoms in total. The maximum Gasteiger partial charge on any atom is 0.233 e. The minimum Gasteiger partial charge on any atom is -0.358 e. The number of hydrogen-bond donors (Lipinski definition) is 2. The average Bonchev–Trinajstić information content (AvgIpc) is 2.21. The zero-order valence-corrected chi connectivity index (χ0v) is 8.63.